The lowest BCUT2D eigenvalue weighted by Crippen LogP contribution is -2.28. The van der Waals surface area contributed by atoms with Gasteiger partial charge in [0.25, 0.3) is 11.4 Å². The molecule has 0 aliphatic carbocycles. The first-order valence-electron chi connectivity index (χ1n) is 9.56. The van der Waals surface area contributed by atoms with E-state index in [1.165, 1.54) is 12.1 Å². The quantitative estimate of drug-likeness (QED) is 0.516. The van der Waals surface area contributed by atoms with E-state index < -0.39 is 0 Å². The van der Waals surface area contributed by atoms with Gasteiger partial charge in [-0.3, -0.25) is 4.79 Å². The molecule has 2 N–H and O–H groups in total. The second kappa shape index (κ2) is 8.37. The minimum Gasteiger partial charge on any atom is -0.334 e. The maximum absolute atomic E-state index is 13.1. The third kappa shape index (κ3) is 3.86. The summed E-state index contributed by atoms with van der Waals surface area (Å²) in [5, 5.41) is 11.8. The lowest BCUT2D eigenvalue weighted by molar-refractivity contribution is 0.424. The van der Waals surface area contributed by atoms with Crippen LogP contribution in [-0.4, -0.2) is 37.8 Å². The molecule has 8 nitrogen and oxygen atoms in total. The minimum atomic E-state index is -0.289. The van der Waals surface area contributed by atoms with Crippen molar-refractivity contribution in [3.63, 3.8) is 0 Å². The summed E-state index contributed by atoms with van der Waals surface area (Å²) in [4.78, 5) is 19.6. The first-order chi connectivity index (χ1) is 14.2. The van der Waals surface area contributed by atoms with Crippen LogP contribution in [-0.2, 0) is 6.42 Å². The number of aromatic nitrogens is 5. The fourth-order valence-corrected chi connectivity index (χ4v) is 3.80. The summed E-state index contributed by atoms with van der Waals surface area (Å²) in [7, 11) is 0. The molecular weight excluding hydrogens is 411 g/mol. The molecule has 3 aromatic heterocycles. The number of nitrogens with one attached hydrogen (secondary N) is 2. The van der Waals surface area contributed by atoms with Gasteiger partial charge < -0.3 is 14.8 Å². The number of piperidine rings is 1. The zero-order valence-corrected chi connectivity index (χ0v) is 16.8. The SMILES string of the molecule is Cl.O=c1cc(C2CCNCC2)n2ncc(-c3nc(Cc4ccc(F)cc4)no3)c2[nH]1. The molecule has 0 spiro atoms. The van der Waals surface area contributed by atoms with Crippen molar-refractivity contribution in [3.05, 3.63) is 69.8 Å². The molecular formula is C20H20ClFN6O2. The molecule has 0 saturated carbocycles. The number of rotatable bonds is 4. The largest absolute Gasteiger partial charge is 0.334 e. The van der Waals surface area contributed by atoms with Crippen LogP contribution in [0.5, 0.6) is 0 Å². The number of hydrogen-bond donors (Lipinski definition) is 2. The van der Waals surface area contributed by atoms with Gasteiger partial charge in [-0.05, 0) is 43.6 Å². The molecule has 1 saturated heterocycles. The molecule has 1 fully saturated rings. The molecule has 4 heterocycles. The van der Waals surface area contributed by atoms with E-state index in [1.54, 1.807) is 28.9 Å². The molecule has 30 heavy (non-hydrogen) atoms. The van der Waals surface area contributed by atoms with E-state index in [0.29, 0.717) is 23.5 Å². The molecule has 1 aliphatic heterocycles. The monoisotopic (exact) mass is 430 g/mol. The fourth-order valence-electron chi connectivity index (χ4n) is 3.80. The maximum atomic E-state index is 13.1. The van der Waals surface area contributed by atoms with E-state index in [-0.39, 0.29) is 35.6 Å². The summed E-state index contributed by atoms with van der Waals surface area (Å²) in [6.45, 7) is 1.84. The Morgan fingerprint density at radius 2 is 1.97 bits per heavy atom. The normalized spacial score (nSPS) is 14.7. The van der Waals surface area contributed by atoms with Gasteiger partial charge in [0.2, 0.25) is 0 Å². The third-order valence-electron chi connectivity index (χ3n) is 5.27. The first kappa shape index (κ1) is 20.2. The standard InChI is InChI=1S/C20H19FN6O2.ClH/c21-14-3-1-12(2-4-14)9-17-24-20(29-26-17)15-11-23-27-16(10-18(28)25-19(15)27)13-5-7-22-8-6-13;/h1-4,10-11,13,22H,5-9H2,(H,25,28);1H. The number of aromatic amines is 1. The van der Waals surface area contributed by atoms with Crippen LogP contribution in [0.2, 0.25) is 0 Å². The van der Waals surface area contributed by atoms with Crippen LogP contribution in [0.3, 0.4) is 0 Å². The van der Waals surface area contributed by atoms with Gasteiger partial charge in [-0.25, -0.2) is 8.91 Å². The summed E-state index contributed by atoms with van der Waals surface area (Å²) < 4.78 is 20.3. The van der Waals surface area contributed by atoms with Gasteiger partial charge in [-0.15, -0.1) is 12.4 Å². The Hall–Kier alpha value is -3.04. The Balaban J connectivity index is 0.00000218. The molecule has 0 amide bonds. The van der Waals surface area contributed by atoms with Crippen molar-refractivity contribution in [2.45, 2.75) is 25.2 Å². The Bertz CT molecular complexity index is 1210. The third-order valence-corrected chi connectivity index (χ3v) is 5.27. The van der Waals surface area contributed by atoms with Crippen molar-refractivity contribution in [2.24, 2.45) is 0 Å². The van der Waals surface area contributed by atoms with Gasteiger partial charge >= 0.3 is 0 Å². The molecule has 4 aromatic rings. The number of fused-ring (bicyclic) bond motifs is 1. The zero-order valence-electron chi connectivity index (χ0n) is 16.0. The first-order valence-corrected chi connectivity index (χ1v) is 9.56. The Labute approximate surface area is 176 Å². The number of benzene rings is 1. The van der Waals surface area contributed by atoms with Crippen LogP contribution in [0.1, 0.15) is 35.8 Å². The van der Waals surface area contributed by atoms with E-state index in [0.717, 1.165) is 37.2 Å². The molecule has 0 bridgehead atoms. The summed E-state index contributed by atoms with van der Waals surface area (Å²) >= 11 is 0. The summed E-state index contributed by atoms with van der Waals surface area (Å²) in [6, 6.07) is 7.78. The Morgan fingerprint density at radius 1 is 1.20 bits per heavy atom. The summed E-state index contributed by atoms with van der Waals surface area (Å²) in [5.41, 5.74) is 2.71. The predicted octanol–water partition coefficient (Wildman–Crippen LogP) is 2.69. The average Bonchev–Trinajstić information content (AvgIpc) is 3.36. The Morgan fingerprint density at radius 3 is 2.73 bits per heavy atom. The zero-order chi connectivity index (χ0) is 19.8. The van der Waals surface area contributed by atoms with Crippen molar-refractivity contribution < 1.29 is 8.91 Å². The summed E-state index contributed by atoms with van der Waals surface area (Å²) in [5.74, 6) is 0.742. The second-order valence-corrected chi connectivity index (χ2v) is 7.22. The lowest BCUT2D eigenvalue weighted by atomic mass is 9.94. The van der Waals surface area contributed by atoms with Crippen LogP contribution in [0.25, 0.3) is 17.1 Å². The van der Waals surface area contributed by atoms with Gasteiger partial charge in [0.1, 0.15) is 17.0 Å². The van der Waals surface area contributed by atoms with E-state index >= 15 is 0 Å². The van der Waals surface area contributed by atoms with Crippen LogP contribution >= 0.6 is 12.4 Å². The van der Waals surface area contributed by atoms with Crippen molar-refractivity contribution in [3.8, 4) is 11.5 Å². The van der Waals surface area contributed by atoms with E-state index in [2.05, 4.69) is 25.5 Å². The second-order valence-electron chi connectivity index (χ2n) is 7.22. The maximum Gasteiger partial charge on any atom is 0.263 e. The smallest absolute Gasteiger partial charge is 0.263 e. The van der Waals surface area contributed by atoms with E-state index in [1.807, 2.05) is 0 Å². The average molecular weight is 431 g/mol. The number of halogens is 2. The number of H-pyrrole nitrogens is 1. The van der Waals surface area contributed by atoms with Crippen molar-refractivity contribution in [1.82, 2.24) is 30.1 Å². The van der Waals surface area contributed by atoms with Crippen LogP contribution in [0, 0.1) is 5.82 Å². The predicted molar refractivity (Wildman–Crippen MR) is 110 cm³/mol. The molecule has 1 aromatic carbocycles. The van der Waals surface area contributed by atoms with Crippen molar-refractivity contribution in [1.29, 1.82) is 0 Å². The summed E-state index contributed by atoms with van der Waals surface area (Å²) in [6.07, 6.45) is 3.96. The fraction of sp³-hybridized carbons (Fsp3) is 0.300. The minimum absolute atomic E-state index is 0. The van der Waals surface area contributed by atoms with Gasteiger partial charge in [-0.1, -0.05) is 17.3 Å². The van der Waals surface area contributed by atoms with Crippen molar-refractivity contribution in [2.75, 3.05) is 13.1 Å². The number of hydrogen-bond acceptors (Lipinski definition) is 6. The van der Waals surface area contributed by atoms with Crippen LogP contribution in [0.15, 0.2) is 45.8 Å². The van der Waals surface area contributed by atoms with E-state index in [4.69, 9.17) is 4.52 Å². The molecule has 156 valence electrons. The molecule has 1 aliphatic rings. The highest BCUT2D eigenvalue weighted by atomic mass is 35.5. The lowest BCUT2D eigenvalue weighted by Gasteiger charge is -2.23. The van der Waals surface area contributed by atoms with Crippen molar-refractivity contribution >= 4 is 18.1 Å². The molecule has 0 atom stereocenters. The van der Waals surface area contributed by atoms with Gasteiger partial charge in [-0.2, -0.15) is 10.1 Å². The highest BCUT2D eigenvalue weighted by molar-refractivity contribution is 5.85. The molecule has 10 heteroatoms. The van der Waals surface area contributed by atoms with Crippen LogP contribution in [0.4, 0.5) is 4.39 Å². The molecule has 5 rings (SSSR count). The number of nitrogens with zero attached hydrogens (tertiary/aromatic N) is 4. The highest BCUT2D eigenvalue weighted by Gasteiger charge is 2.22. The van der Waals surface area contributed by atoms with Crippen LogP contribution < -0.4 is 10.9 Å². The topological polar surface area (TPSA) is 101 Å². The molecule has 0 unspecified atom stereocenters. The van der Waals surface area contributed by atoms with Gasteiger partial charge in [0.15, 0.2) is 5.82 Å². The molecule has 0 radical (unpaired) electrons. The Kier molecular flexibility index (Phi) is 5.65. The highest BCUT2D eigenvalue weighted by Crippen LogP contribution is 2.27. The van der Waals surface area contributed by atoms with Gasteiger partial charge in [0, 0.05) is 18.4 Å². The van der Waals surface area contributed by atoms with Gasteiger partial charge in [0.05, 0.1) is 11.9 Å². The van der Waals surface area contributed by atoms with E-state index in [9.17, 15) is 9.18 Å².